The fourth-order valence-corrected chi connectivity index (χ4v) is 4.97. The van der Waals surface area contributed by atoms with Gasteiger partial charge in [-0.05, 0) is 51.0 Å². The smallest absolute Gasteiger partial charge is 0.270 e. The predicted molar refractivity (Wildman–Crippen MR) is 143 cm³/mol. The summed E-state index contributed by atoms with van der Waals surface area (Å²) in [6.45, 7) is 6.02. The van der Waals surface area contributed by atoms with E-state index in [1.165, 1.54) is 0 Å². The van der Waals surface area contributed by atoms with Gasteiger partial charge in [-0.25, -0.2) is 9.97 Å². The average Bonchev–Trinajstić information content (AvgIpc) is 3.46. The average molecular weight is 498 g/mol. The fraction of sp³-hybridized carbons (Fsp3) is 0.345. The molecule has 2 aromatic carbocycles. The Morgan fingerprint density at radius 3 is 2.65 bits per heavy atom. The van der Waals surface area contributed by atoms with E-state index in [9.17, 15) is 4.79 Å². The van der Waals surface area contributed by atoms with Gasteiger partial charge in [0.05, 0.1) is 30.9 Å². The molecule has 0 atom stereocenters. The molecule has 1 aliphatic carbocycles. The van der Waals surface area contributed by atoms with Crippen LogP contribution in [-0.4, -0.2) is 51.6 Å². The van der Waals surface area contributed by atoms with E-state index in [4.69, 9.17) is 19.4 Å². The Morgan fingerprint density at radius 2 is 1.89 bits per heavy atom. The number of hydrogen-bond acceptors (Lipinski definition) is 6. The van der Waals surface area contributed by atoms with Gasteiger partial charge in [0.2, 0.25) is 0 Å². The monoisotopic (exact) mass is 497 g/mol. The van der Waals surface area contributed by atoms with E-state index in [0.717, 1.165) is 64.4 Å². The fourth-order valence-electron chi connectivity index (χ4n) is 4.97. The molecule has 190 valence electrons. The normalized spacial score (nSPS) is 16.0. The van der Waals surface area contributed by atoms with Crippen molar-refractivity contribution in [1.29, 1.82) is 0 Å². The van der Waals surface area contributed by atoms with E-state index in [2.05, 4.69) is 24.5 Å². The van der Waals surface area contributed by atoms with Gasteiger partial charge in [-0.3, -0.25) is 4.79 Å². The molecule has 1 N–H and O–H groups in total. The van der Waals surface area contributed by atoms with Crippen LogP contribution in [0.2, 0.25) is 0 Å². The molecule has 0 spiro atoms. The number of nitrogens with one attached hydrogen (secondary N) is 1. The Balaban J connectivity index is 1.32. The van der Waals surface area contributed by atoms with Crippen LogP contribution in [0, 0.1) is 6.92 Å². The second-order valence-electron chi connectivity index (χ2n) is 10.2. The molecule has 37 heavy (non-hydrogen) atoms. The third-order valence-electron chi connectivity index (χ3n) is 7.47. The highest BCUT2D eigenvalue weighted by molar-refractivity contribution is 5.98. The number of para-hydroxylation sites is 1. The van der Waals surface area contributed by atoms with Crippen molar-refractivity contribution in [3.05, 3.63) is 65.6 Å². The molecule has 6 rings (SSSR count). The molecule has 1 amide bonds. The van der Waals surface area contributed by atoms with Gasteiger partial charge in [-0.15, -0.1) is 0 Å². The maximum absolute atomic E-state index is 13.5. The number of methoxy groups -OCH3 is 2. The number of carbonyl (C=O) groups is 1. The molecule has 3 heterocycles. The summed E-state index contributed by atoms with van der Waals surface area (Å²) >= 11 is 0. The van der Waals surface area contributed by atoms with E-state index < -0.39 is 0 Å². The zero-order valence-electron chi connectivity index (χ0n) is 21.7. The number of fused-ring (bicyclic) bond motifs is 2. The molecule has 4 aromatic rings. The van der Waals surface area contributed by atoms with Crippen LogP contribution in [0.5, 0.6) is 11.5 Å². The lowest BCUT2D eigenvalue weighted by Crippen LogP contribution is -2.39. The van der Waals surface area contributed by atoms with Crippen LogP contribution in [0.4, 0.5) is 5.82 Å². The van der Waals surface area contributed by atoms with Crippen LogP contribution < -0.4 is 14.8 Å². The summed E-state index contributed by atoms with van der Waals surface area (Å²) in [5, 5.41) is 3.58. The summed E-state index contributed by atoms with van der Waals surface area (Å²) in [7, 11) is 3.26. The van der Waals surface area contributed by atoms with Crippen molar-refractivity contribution in [3.63, 3.8) is 0 Å². The number of aryl methyl sites for hydroxylation is 1. The van der Waals surface area contributed by atoms with E-state index in [1.807, 2.05) is 52.8 Å². The van der Waals surface area contributed by atoms with Crippen LogP contribution in [0.25, 0.3) is 22.2 Å². The maximum Gasteiger partial charge on any atom is 0.270 e. The Morgan fingerprint density at radius 1 is 1.05 bits per heavy atom. The van der Waals surface area contributed by atoms with Gasteiger partial charge in [0.1, 0.15) is 23.0 Å². The first-order chi connectivity index (χ1) is 17.9. The van der Waals surface area contributed by atoms with Crippen molar-refractivity contribution in [1.82, 2.24) is 19.4 Å². The quantitative estimate of drug-likeness (QED) is 0.385. The van der Waals surface area contributed by atoms with Crippen LogP contribution in [0.15, 0.2) is 48.7 Å². The Labute approximate surface area is 216 Å². The van der Waals surface area contributed by atoms with E-state index in [1.54, 1.807) is 14.2 Å². The van der Waals surface area contributed by atoms with Crippen LogP contribution >= 0.6 is 0 Å². The number of nitrogens with zero attached hydrogens (tertiary/aromatic N) is 4. The van der Waals surface area contributed by atoms with Crippen molar-refractivity contribution < 1.29 is 14.3 Å². The molecule has 8 heteroatoms. The van der Waals surface area contributed by atoms with Crippen molar-refractivity contribution in [3.8, 4) is 22.6 Å². The molecule has 1 saturated carbocycles. The molecular formula is C29H31N5O3. The van der Waals surface area contributed by atoms with Gasteiger partial charge in [0.15, 0.2) is 0 Å². The van der Waals surface area contributed by atoms with Gasteiger partial charge < -0.3 is 24.3 Å². The number of ether oxygens (including phenoxy) is 2. The van der Waals surface area contributed by atoms with Crippen molar-refractivity contribution in [2.75, 3.05) is 26.1 Å². The minimum absolute atomic E-state index is 0.00144. The first-order valence-corrected chi connectivity index (χ1v) is 12.6. The third-order valence-corrected chi connectivity index (χ3v) is 7.47. The zero-order chi connectivity index (χ0) is 25.7. The molecule has 0 saturated heterocycles. The highest BCUT2D eigenvalue weighted by Gasteiger charge is 2.38. The summed E-state index contributed by atoms with van der Waals surface area (Å²) in [6, 6.07) is 13.7. The largest absolute Gasteiger partial charge is 0.497 e. The topological polar surface area (TPSA) is 81.5 Å². The number of aromatic nitrogens is 3. The number of amides is 1. The molecule has 0 bridgehead atoms. The van der Waals surface area contributed by atoms with E-state index in [0.29, 0.717) is 24.5 Å². The first-order valence-electron chi connectivity index (χ1n) is 12.6. The van der Waals surface area contributed by atoms with Crippen LogP contribution in [0.3, 0.4) is 0 Å². The predicted octanol–water partition coefficient (Wildman–Crippen LogP) is 5.04. The number of benzene rings is 2. The summed E-state index contributed by atoms with van der Waals surface area (Å²) in [4.78, 5) is 25.2. The SMILES string of the molecule is COc1ccc(CN2CCn3cc(-c4cccc5nc(C)c(NC6(C)CC6)nc45)cc3C2=O)c(OC)c1. The molecular weight excluding hydrogens is 466 g/mol. The lowest BCUT2D eigenvalue weighted by Gasteiger charge is -2.29. The van der Waals surface area contributed by atoms with Gasteiger partial charge in [0, 0.05) is 54.1 Å². The minimum Gasteiger partial charge on any atom is -0.497 e. The van der Waals surface area contributed by atoms with Crippen LogP contribution in [0.1, 0.15) is 41.5 Å². The lowest BCUT2D eigenvalue weighted by molar-refractivity contribution is 0.0690. The maximum atomic E-state index is 13.5. The number of carbonyl (C=O) groups excluding carboxylic acids is 1. The lowest BCUT2D eigenvalue weighted by atomic mass is 10.1. The van der Waals surface area contributed by atoms with Crippen molar-refractivity contribution in [2.24, 2.45) is 0 Å². The summed E-state index contributed by atoms with van der Waals surface area (Å²) in [5.74, 6) is 2.27. The molecule has 1 fully saturated rings. The highest BCUT2D eigenvalue weighted by Crippen LogP contribution is 2.39. The molecule has 1 aliphatic heterocycles. The number of hydrogen-bond donors (Lipinski definition) is 1. The Hall–Kier alpha value is -4.07. The molecule has 0 unspecified atom stereocenters. The Bertz CT molecular complexity index is 1520. The van der Waals surface area contributed by atoms with E-state index in [-0.39, 0.29) is 11.4 Å². The highest BCUT2D eigenvalue weighted by atomic mass is 16.5. The standard InChI is InChI=1S/C29H31N5O3/c1-18-27(32-29(2)10-11-29)31-26-22(6-5-7-23(26)30-18)20-14-24-28(35)34(13-12-33(24)17-20)16-19-8-9-21(36-3)15-25(19)37-4/h5-9,14-15,17H,10-13,16H2,1-4H3,(H,31,32). The first kappa shape index (κ1) is 23.3. The minimum atomic E-state index is 0.00144. The third kappa shape index (κ3) is 4.26. The van der Waals surface area contributed by atoms with Crippen molar-refractivity contribution >= 4 is 22.8 Å². The van der Waals surface area contributed by atoms with Gasteiger partial charge >= 0.3 is 0 Å². The van der Waals surface area contributed by atoms with Gasteiger partial charge in [-0.1, -0.05) is 12.1 Å². The second kappa shape index (κ2) is 8.80. The molecule has 2 aliphatic rings. The van der Waals surface area contributed by atoms with Gasteiger partial charge in [0.25, 0.3) is 5.91 Å². The van der Waals surface area contributed by atoms with E-state index >= 15 is 0 Å². The Kier molecular flexibility index (Phi) is 5.55. The summed E-state index contributed by atoms with van der Waals surface area (Å²) in [6.07, 6.45) is 4.34. The number of anilines is 1. The van der Waals surface area contributed by atoms with Crippen LogP contribution in [-0.2, 0) is 13.1 Å². The zero-order valence-corrected chi connectivity index (χ0v) is 21.7. The molecule has 8 nitrogen and oxygen atoms in total. The molecule has 0 radical (unpaired) electrons. The summed E-state index contributed by atoms with van der Waals surface area (Å²) < 4.78 is 12.9. The van der Waals surface area contributed by atoms with Crippen molar-refractivity contribution in [2.45, 2.75) is 45.3 Å². The number of rotatable bonds is 7. The summed E-state index contributed by atoms with van der Waals surface area (Å²) in [5.41, 5.74) is 6.27. The second-order valence-corrected chi connectivity index (χ2v) is 10.2. The molecule has 2 aromatic heterocycles. The van der Waals surface area contributed by atoms with Gasteiger partial charge in [-0.2, -0.15) is 0 Å².